The molecule has 4 heteroatoms. The summed E-state index contributed by atoms with van der Waals surface area (Å²) in [5, 5.41) is 12.1. The summed E-state index contributed by atoms with van der Waals surface area (Å²) in [6, 6.07) is 10.3. The molecular formula is C18H25NO3. The van der Waals surface area contributed by atoms with Gasteiger partial charge < -0.3 is 10.4 Å². The van der Waals surface area contributed by atoms with Crippen LogP contribution in [0.4, 0.5) is 0 Å². The van der Waals surface area contributed by atoms with Gasteiger partial charge in [0.25, 0.3) is 0 Å². The first-order chi connectivity index (χ1) is 10.7. The van der Waals surface area contributed by atoms with Crippen LogP contribution in [-0.4, -0.2) is 23.5 Å². The van der Waals surface area contributed by atoms with Crippen molar-refractivity contribution >= 4 is 11.9 Å². The van der Waals surface area contributed by atoms with Crippen LogP contribution in [0.1, 0.15) is 44.1 Å². The van der Waals surface area contributed by atoms with E-state index in [9.17, 15) is 14.7 Å². The first-order valence-electron chi connectivity index (χ1n) is 8.23. The van der Waals surface area contributed by atoms with Crippen LogP contribution in [-0.2, 0) is 16.0 Å². The number of benzene rings is 1. The van der Waals surface area contributed by atoms with Gasteiger partial charge in [0.05, 0.1) is 11.8 Å². The Bertz CT molecular complexity index is 486. The van der Waals surface area contributed by atoms with Crippen molar-refractivity contribution in [2.24, 2.45) is 11.8 Å². The second-order valence-electron chi connectivity index (χ2n) is 6.07. The Morgan fingerprint density at radius 1 is 1.05 bits per heavy atom. The molecule has 22 heavy (non-hydrogen) atoms. The van der Waals surface area contributed by atoms with E-state index in [1.54, 1.807) is 0 Å². The molecule has 1 aliphatic carbocycles. The summed E-state index contributed by atoms with van der Waals surface area (Å²) in [7, 11) is 0. The van der Waals surface area contributed by atoms with Crippen LogP contribution >= 0.6 is 0 Å². The maximum Gasteiger partial charge on any atom is 0.307 e. The van der Waals surface area contributed by atoms with Gasteiger partial charge in [0.1, 0.15) is 0 Å². The Kier molecular flexibility index (Phi) is 6.44. The predicted molar refractivity (Wildman–Crippen MR) is 85.5 cm³/mol. The van der Waals surface area contributed by atoms with E-state index in [-0.39, 0.29) is 11.8 Å². The minimum atomic E-state index is -0.830. The van der Waals surface area contributed by atoms with E-state index >= 15 is 0 Å². The molecule has 2 atom stereocenters. The summed E-state index contributed by atoms with van der Waals surface area (Å²) in [4.78, 5) is 23.4. The first-order valence-corrected chi connectivity index (χ1v) is 8.23. The number of unbranched alkanes of at least 4 members (excludes halogenated alkanes) is 1. The average Bonchev–Trinajstić information content (AvgIpc) is 2.55. The normalized spacial score (nSPS) is 21.3. The molecule has 0 aromatic heterocycles. The fraction of sp³-hybridized carbons (Fsp3) is 0.556. The van der Waals surface area contributed by atoms with Crippen LogP contribution in [0.5, 0.6) is 0 Å². The summed E-state index contributed by atoms with van der Waals surface area (Å²) in [6.45, 7) is 0.633. The third-order valence-corrected chi connectivity index (χ3v) is 4.45. The standard InChI is InChI=1S/C18H25NO3/c20-17(15-11-4-5-12-16(15)18(21)22)19-13-7-6-10-14-8-2-1-3-9-14/h1-3,8-9,15-16H,4-7,10-13H2,(H,19,20)(H,21,22)/t15-,16-/m0/s1. The maximum atomic E-state index is 12.2. The summed E-state index contributed by atoms with van der Waals surface area (Å²) >= 11 is 0. The maximum absolute atomic E-state index is 12.2. The molecule has 0 unspecified atom stereocenters. The SMILES string of the molecule is O=C(O)[C@H]1CCCC[C@@H]1C(=O)NCCCCc1ccccc1. The van der Waals surface area contributed by atoms with E-state index in [0.717, 1.165) is 32.1 Å². The highest BCUT2D eigenvalue weighted by molar-refractivity contribution is 5.84. The zero-order valence-corrected chi connectivity index (χ0v) is 13.0. The van der Waals surface area contributed by atoms with Crippen LogP contribution in [0.25, 0.3) is 0 Å². The Balaban J connectivity index is 1.67. The van der Waals surface area contributed by atoms with E-state index in [4.69, 9.17) is 0 Å². The van der Waals surface area contributed by atoms with Crippen molar-refractivity contribution in [1.29, 1.82) is 0 Å². The number of rotatable bonds is 7. The highest BCUT2D eigenvalue weighted by Gasteiger charge is 2.35. The van der Waals surface area contributed by atoms with Crippen molar-refractivity contribution in [3.05, 3.63) is 35.9 Å². The third-order valence-electron chi connectivity index (χ3n) is 4.45. The van der Waals surface area contributed by atoms with Gasteiger partial charge in [0, 0.05) is 6.54 Å². The molecule has 0 aliphatic heterocycles. The minimum Gasteiger partial charge on any atom is -0.481 e. The molecule has 2 N–H and O–H groups in total. The molecule has 1 amide bonds. The first kappa shape index (κ1) is 16.5. The van der Waals surface area contributed by atoms with E-state index in [1.165, 1.54) is 5.56 Å². The number of hydrogen-bond donors (Lipinski definition) is 2. The number of carbonyl (C=O) groups excluding carboxylic acids is 1. The highest BCUT2D eigenvalue weighted by Crippen LogP contribution is 2.30. The molecule has 2 rings (SSSR count). The van der Waals surface area contributed by atoms with Gasteiger partial charge in [-0.25, -0.2) is 0 Å². The van der Waals surface area contributed by atoms with Crippen molar-refractivity contribution < 1.29 is 14.7 Å². The van der Waals surface area contributed by atoms with Gasteiger partial charge >= 0.3 is 5.97 Å². The van der Waals surface area contributed by atoms with Gasteiger partial charge in [-0.1, -0.05) is 43.2 Å². The topological polar surface area (TPSA) is 66.4 Å². The molecule has 120 valence electrons. The van der Waals surface area contributed by atoms with Gasteiger partial charge in [-0.05, 0) is 37.7 Å². The van der Waals surface area contributed by atoms with Crippen molar-refractivity contribution in [1.82, 2.24) is 5.32 Å². The summed E-state index contributed by atoms with van der Waals surface area (Å²) in [5.74, 6) is -1.76. The lowest BCUT2D eigenvalue weighted by Gasteiger charge is -2.27. The number of carboxylic acids is 1. The molecule has 1 saturated carbocycles. The van der Waals surface area contributed by atoms with Crippen LogP contribution in [0.2, 0.25) is 0 Å². The molecule has 1 aromatic carbocycles. The summed E-state index contributed by atoms with van der Waals surface area (Å²) in [6.07, 6.45) is 6.16. The fourth-order valence-electron chi connectivity index (χ4n) is 3.18. The van der Waals surface area contributed by atoms with E-state index in [2.05, 4.69) is 17.4 Å². The van der Waals surface area contributed by atoms with Crippen molar-refractivity contribution in [3.63, 3.8) is 0 Å². The van der Waals surface area contributed by atoms with Crippen molar-refractivity contribution in [2.75, 3.05) is 6.54 Å². The number of nitrogens with one attached hydrogen (secondary N) is 1. The molecule has 0 spiro atoms. The molecule has 0 radical (unpaired) electrons. The van der Waals surface area contributed by atoms with Gasteiger partial charge in [0.15, 0.2) is 0 Å². The summed E-state index contributed by atoms with van der Waals surface area (Å²) in [5.41, 5.74) is 1.31. The molecule has 0 heterocycles. The van der Waals surface area contributed by atoms with Crippen LogP contribution in [0.15, 0.2) is 30.3 Å². The smallest absolute Gasteiger partial charge is 0.307 e. The lowest BCUT2D eigenvalue weighted by atomic mass is 9.78. The lowest BCUT2D eigenvalue weighted by molar-refractivity contribution is -0.148. The van der Waals surface area contributed by atoms with Crippen LogP contribution in [0.3, 0.4) is 0 Å². The van der Waals surface area contributed by atoms with Crippen LogP contribution in [0, 0.1) is 11.8 Å². The fourth-order valence-corrected chi connectivity index (χ4v) is 3.18. The molecule has 1 aromatic rings. The quantitative estimate of drug-likeness (QED) is 0.761. The number of hydrogen-bond acceptors (Lipinski definition) is 2. The monoisotopic (exact) mass is 303 g/mol. The van der Waals surface area contributed by atoms with Crippen molar-refractivity contribution in [2.45, 2.75) is 44.9 Å². The van der Waals surface area contributed by atoms with Gasteiger partial charge in [-0.3, -0.25) is 9.59 Å². The molecule has 1 aliphatic rings. The average molecular weight is 303 g/mol. The zero-order chi connectivity index (χ0) is 15.8. The highest BCUT2D eigenvalue weighted by atomic mass is 16.4. The zero-order valence-electron chi connectivity index (χ0n) is 13.0. The van der Waals surface area contributed by atoms with E-state index in [1.807, 2.05) is 18.2 Å². The number of carbonyl (C=O) groups is 2. The lowest BCUT2D eigenvalue weighted by Crippen LogP contribution is -2.40. The van der Waals surface area contributed by atoms with Gasteiger partial charge in [0.2, 0.25) is 5.91 Å². The number of aliphatic carboxylic acids is 1. The Hall–Kier alpha value is -1.84. The van der Waals surface area contributed by atoms with Gasteiger partial charge in [-0.15, -0.1) is 0 Å². The number of aryl methyl sites for hydroxylation is 1. The van der Waals surface area contributed by atoms with E-state index < -0.39 is 11.9 Å². The minimum absolute atomic E-state index is 0.0770. The Morgan fingerprint density at radius 2 is 1.73 bits per heavy atom. The van der Waals surface area contributed by atoms with Crippen molar-refractivity contribution in [3.8, 4) is 0 Å². The largest absolute Gasteiger partial charge is 0.481 e. The second-order valence-corrected chi connectivity index (χ2v) is 6.07. The predicted octanol–water partition coefficient (Wildman–Crippen LogP) is 3.02. The molecular weight excluding hydrogens is 278 g/mol. The molecule has 4 nitrogen and oxygen atoms in total. The Labute approximate surface area is 131 Å². The third kappa shape index (κ3) is 4.86. The van der Waals surface area contributed by atoms with Crippen LogP contribution < -0.4 is 5.32 Å². The second kappa shape index (κ2) is 8.57. The molecule has 0 bridgehead atoms. The Morgan fingerprint density at radius 3 is 2.41 bits per heavy atom. The number of amides is 1. The molecule has 0 saturated heterocycles. The van der Waals surface area contributed by atoms with E-state index in [0.29, 0.717) is 19.4 Å². The summed E-state index contributed by atoms with van der Waals surface area (Å²) < 4.78 is 0. The molecule has 1 fully saturated rings. The number of carboxylic acid groups (broad SMARTS) is 1. The van der Waals surface area contributed by atoms with Gasteiger partial charge in [-0.2, -0.15) is 0 Å².